The van der Waals surface area contributed by atoms with E-state index in [1.807, 2.05) is 6.92 Å². The molecule has 0 spiro atoms. The van der Waals surface area contributed by atoms with Gasteiger partial charge in [0.15, 0.2) is 5.75 Å². The minimum absolute atomic E-state index is 0.0539. The van der Waals surface area contributed by atoms with Crippen LogP contribution in [-0.2, 0) is 0 Å². The third-order valence-electron chi connectivity index (χ3n) is 4.03. The Bertz CT molecular complexity index is 498. The van der Waals surface area contributed by atoms with Crippen molar-refractivity contribution >= 4 is 11.4 Å². The quantitative estimate of drug-likeness (QED) is 0.542. The fourth-order valence-electron chi connectivity index (χ4n) is 2.69. The highest BCUT2D eigenvalue weighted by atomic mass is 16.6. The second kappa shape index (κ2) is 6.78. The second-order valence-electron chi connectivity index (χ2n) is 5.86. The van der Waals surface area contributed by atoms with E-state index in [9.17, 15) is 10.1 Å². The van der Waals surface area contributed by atoms with Crippen LogP contribution in [0, 0.1) is 15.5 Å². The van der Waals surface area contributed by atoms with Gasteiger partial charge in [-0.2, -0.15) is 0 Å². The Morgan fingerprint density at radius 3 is 2.67 bits per heavy atom. The predicted molar refractivity (Wildman–Crippen MR) is 83.9 cm³/mol. The van der Waals surface area contributed by atoms with Crippen LogP contribution in [0.25, 0.3) is 0 Å². The van der Waals surface area contributed by atoms with Crippen LogP contribution in [0.2, 0.25) is 0 Å². The van der Waals surface area contributed by atoms with Crippen molar-refractivity contribution in [2.24, 2.45) is 5.41 Å². The molecule has 0 unspecified atom stereocenters. The van der Waals surface area contributed by atoms with Gasteiger partial charge < -0.3 is 10.1 Å². The number of ether oxygens (including phenoxy) is 1. The molecule has 0 atom stereocenters. The number of nitrogens with zero attached hydrogens (tertiary/aromatic N) is 1. The molecule has 0 aliphatic heterocycles. The van der Waals surface area contributed by atoms with E-state index in [1.54, 1.807) is 18.2 Å². The van der Waals surface area contributed by atoms with Crippen molar-refractivity contribution < 1.29 is 9.66 Å². The number of nitrogens with one attached hydrogen (secondary N) is 1. The topological polar surface area (TPSA) is 64.4 Å². The van der Waals surface area contributed by atoms with Gasteiger partial charge in [0.05, 0.1) is 11.5 Å². The fraction of sp³-hybridized carbons (Fsp3) is 0.625. The first-order chi connectivity index (χ1) is 10.1. The van der Waals surface area contributed by atoms with Gasteiger partial charge in [-0.1, -0.05) is 26.3 Å². The molecule has 1 N–H and O–H groups in total. The van der Waals surface area contributed by atoms with Crippen LogP contribution in [0.5, 0.6) is 5.75 Å². The first kappa shape index (κ1) is 15.6. The Morgan fingerprint density at radius 2 is 2.10 bits per heavy atom. The van der Waals surface area contributed by atoms with Crippen LogP contribution < -0.4 is 10.1 Å². The van der Waals surface area contributed by atoms with Crippen LogP contribution in [0.4, 0.5) is 11.4 Å². The molecule has 0 amide bonds. The number of nitro benzene ring substituents is 1. The summed E-state index contributed by atoms with van der Waals surface area (Å²) in [5, 5.41) is 14.6. The van der Waals surface area contributed by atoms with Gasteiger partial charge in [0, 0.05) is 6.54 Å². The molecule has 1 fully saturated rings. The highest BCUT2D eigenvalue weighted by Gasteiger charge is 2.41. The van der Waals surface area contributed by atoms with E-state index in [4.69, 9.17) is 4.74 Å². The number of hydrogen-bond donors (Lipinski definition) is 1. The summed E-state index contributed by atoms with van der Waals surface area (Å²) in [6.07, 6.45) is 5.60. The van der Waals surface area contributed by atoms with Crippen molar-refractivity contribution in [3.05, 3.63) is 28.3 Å². The zero-order chi connectivity index (χ0) is 15.3. The number of rotatable bonds is 9. The summed E-state index contributed by atoms with van der Waals surface area (Å²) in [7, 11) is 0. The maximum atomic E-state index is 11.4. The molecule has 0 saturated heterocycles. The van der Waals surface area contributed by atoms with Gasteiger partial charge in [-0.25, -0.2) is 0 Å². The summed E-state index contributed by atoms with van der Waals surface area (Å²) in [6, 6.07) is 5.23. The van der Waals surface area contributed by atoms with E-state index < -0.39 is 0 Å². The van der Waals surface area contributed by atoms with Gasteiger partial charge in [0.2, 0.25) is 0 Å². The Hall–Kier alpha value is -1.78. The summed E-state index contributed by atoms with van der Waals surface area (Å²) < 4.78 is 5.50. The lowest BCUT2D eigenvalue weighted by molar-refractivity contribution is -0.385. The summed E-state index contributed by atoms with van der Waals surface area (Å²) in [6.45, 7) is 5.46. The molecular formula is C16H24N2O3. The number of nitro groups is 1. The van der Waals surface area contributed by atoms with E-state index in [0.717, 1.165) is 19.4 Å². The summed E-state index contributed by atoms with van der Waals surface area (Å²) in [4.78, 5) is 11.0. The van der Waals surface area contributed by atoms with Crippen molar-refractivity contribution in [1.29, 1.82) is 0 Å². The average Bonchev–Trinajstić information content (AvgIpc) is 3.23. The average molecular weight is 292 g/mol. The minimum Gasteiger partial charge on any atom is -0.487 e. The van der Waals surface area contributed by atoms with Gasteiger partial charge >= 0.3 is 5.69 Å². The number of anilines is 1. The molecule has 1 saturated carbocycles. The Kier molecular flexibility index (Phi) is 5.04. The van der Waals surface area contributed by atoms with Gasteiger partial charge in [-0.05, 0) is 43.2 Å². The second-order valence-corrected chi connectivity index (χ2v) is 5.86. The van der Waals surface area contributed by atoms with Crippen LogP contribution in [-0.4, -0.2) is 18.1 Å². The van der Waals surface area contributed by atoms with E-state index >= 15 is 0 Å². The first-order valence-electron chi connectivity index (χ1n) is 7.76. The molecule has 1 aliphatic carbocycles. The standard InChI is InChI=1S/C16H24N2O3/c1-3-8-16(9-10-16)12-17-13-6-5-7-14(21-11-4-2)15(13)18(19)20/h5-7,17H,3-4,8-12H2,1-2H3. The summed E-state index contributed by atoms with van der Waals surface area (Å²) in [5.41, 5.74) is 0.970. The van der Waals surface area contributed by atoms with Crippen molar-refractivity contribution in [3.8, 4) is 5.75 Å². The smallest absolute Gasteiger partial charge is 0.333 e. The maximum absolute atomic E-state index is 11.4. The summed E-state index contributed by atoms with van der Waals surface area (Å²) in [5.74, 6) is 0.354. The molecular weight excluding hydrogens is 268 g/mol. The van der Waals surface area contributed by atoms with Crippen molar-refractivity contribution in [2.45, 2.75) is 46.0 Å². The van der Waals surface area contributed by atoms with Crippen LogP contribution in [0.15, 0.2) is 18.2 Å². The summed E-state index contributed by atoms with van der Waals surface area (Å²) >= 11 is 0. The fourth-order valence-corrected chi connectivity index (χ4v) is 2.69. The third kappa shape index (κ3) is 3.86. The molecule has 0 heterocycles. The highest BCUT2D eigenvalue weighted by Crippen LogP contribution is 2.50. The Labute approximate surface area is 125 Å². The molecule has 21 heavy (non-hydrogen) atoms. The minimum atomic E-state index is -0.354. The SMILES string of the molecule is CCCOc1cccc(NCC2(CCC)CC2)c1[N+](=O)[O-]. The Balaban J connectivity index is 2.12. The molecule has 0 bridgehead atoms. The van der Waals surface area contributed by atoms with Gasteiger partial charge in [-0.15, -0.1) is 0 Å². The van der Waals surface area contributed by atoms with Gasteiger partial charge in [0.1, 0.15) is 5.69 Å². The molecule has 0 aromatic heterocycles. The first-order valence-corrected chi connectivity index (χ1v) is 7.76. The zero-order valence-corrected chi connectivity index (χ0v) is 12.9. The molecule has 116 valence electrons. The lowest BCUT2D eigenvalue weighted by Crippen LogP contribution is -2.16. The van der Waals surface area contributed by atoms with E-state index in [1.165, 1.54) is 19.3 Å². The van der Waals surface area contributed by atoms with Crippen LogP contribution in [0.1, 0.15) is 46.0 Å². The van der Waals surface area contributed by atoms with Crippen molar-refractivity contribution in [1.82, 2.24) is 0 Å². The molecule has 1 aromatic carbocycles. The van der Waals surface area contributed by atoms with Gasteiger partial charge in [-0.3, -0.25) is 10.1 Å². The molecule has 0 radical (unpaired) electrons. The van der Waals surface area contributed by atoms with E-state index in [2.05, 4.69) is 12.2 Å². The molecule has 1 aromatic rings. The largest absolute Gasteiger partial charge is 0.487 e. The maximum Gasteiger partial charge on any atom is 0.333 e. The number of benzene rings is 1. The zero-order valence-electron chi connectivity index (χ0n) is 12.9. The molecule has 5 nitrogen and oxygen atoms in total. The van der Waals surface area contributed by atoms with Crippen LogP contribution >= 0.6 is 0 Å². The van der Waals surface area contributed by atoms with Crippen molar-refractivity contribution in [3.63, 3.8) is 0 Å². The molecule has 5 heteroatoms. The van der Waals surface area contributed by atoms with E-state index in [-0.39, 0.29) is 10.6 Å². The number of hydrogen-bond acceptors (Lipinski definition) is 4. The number of para-hydroxylation sites is 1. The lowest BCUT2D eigenvalue weighted by Gasteiger charge is -2.16. The monoisotopic (exact) mass is 292 g/mol. The van der Waals surface area contributed by atoms with Crippen LogP contribution in [0.3, 0.4) is 0 Å². The normalized spacial score (nSPS) is 15.5. The van der Waals surface area contributed by atoms with Gasteiger partial charge in [0.25, 0.3) is 0 Å². The predicted octanol–water partition coefficient (Wildman–Crippen LogP) is 4.38. The third-order valence-corrected chi connectivity index (χ3v) is 4.03. The highest BCUT2D eigenvalue weighted by molar-refractivity contribution is 5.68. The van der Waals surface area contributed by atoms with E-state index in [0.29, 0.717) is 23.5 Å². The van der Waals surface area contributed by atoms with Crippen molar-refractivity contribution in [2.75, 3.05) is 18.5 Å². The molecule has 1 aliphatic rings. The lowest BCUT2D eigenvalue weighted by atomic mass is 10.0. The Morgan fingerprint density at radius 1 is 1.33 bits per heavy atom. The molecule has 2 rings (SSSR count).